The number of amides is 2. The summed E-state index contributed by atoms with van der Waals surface area (Å²) in [5, 5.41) is 28.9. The van der Waals surface area contributed by atoms with Crippen LogP contribution in [0.4, 0.5) is 0 Å². The summed E-state index contributed by atoms with van der Waals surface area (Å²) in [6, 6.07) is 5.00. The maximum atomic E-state index is 13.1. The molecule has 3 unspecified atom stereocenters. The third-order valence-electron chi connectivity index (χ3n) is 5.90. The van der Waals surface area contributed by atoms with Gasteiger partial charge in [0, 0.05) is 22.9 Å². The molecule has 0 spiro atoms. The number of carbonyl (C=O) groups excluding carboxylic acids is 3. The first kappa shape index (κ1) is 28.7. The predicted octanol–water partition coefficient (Wildman–Crippen LogP) is 2.08. The topological polar surface area (TPSA) is 167 Å². The summed E-state index contributed by atoms with van der Waals surface area (Å²) in [6.07, 6.45) is 0. The summed E-state index contributed by atoms with van der Waals surface area (Å²) >= 11 is 10.4. The molecule has 4 rings (SSSR count). The molecular formula is C22H21ClN4O7S4. The van der Waals surface area contributed by atoms with Crippen LogP contribution in [0.5, 0.6) is 0 Å². The van der Waals surface area contributed by atoms with E-state index in [9.17, 15) is 34.2 Å². The Labute approximate surface area is 238 Å². The number of benzene rings is 1. The molecule has 16 heteroatoms. The van der Waals surface area contributed by atoms with Crippen LogP contribution in [-0.2, 0) is 19.2 Å². The molecule has 0 saturated carbocycles. The number of β-lactam (4-membered cyclic amide) rings is 1. The molecule has 3 heterocycles. The molecule has 38 heavy (non-hydrogen) atoms. The fourth-order valence-corrected chi connectivity index (χ4v) is 8.89. The standard InChI is InChI=1S/C22H21ClN4O7S4/c1-10-25-26-21(37-10)36-9-22(20(33)34)7-27-17(30)14(18(27)35-8-22)24-16(29)15(12(28)6-23)38-13-5-3-2-4-11(13)19(31)32/h2-5,14-15,18H,6-9H2,1H3,(H,24,29)(H,31,32)(H,33,34)/t14?,15?,18-,22?/m1/s1. The number of halogens is 1. The Kier molecular flexibility index (Phi) is 8.92. The summed E-state index contributed by atoms with van der Waals surface area (Å²) in [5.41, 5.74) is -1.28. The van der Waals surface area contributed by atoms with Crippen LogP contribution in [0.3, 0.4) is 0 Å². The van der Waals surface area contributed by atoms with Crippen molar-refractivity contribution in [3.63, 3.8) is 0 Å². The van der Waals surface area contributed by atoms with Gasteiger partial charge in [-0.3, -0.25) is 19.2 Å². The monoisotopic (exact) mass is 616 g/mol. The van der Waals surface area contributed by atoms with Gasteiger partial charge >= 0.3 is 11.9 Å². The van der Waals surface area contributed by atoms with Crippen molar-refractivity contribution in [2.75, 3.05) is 23.9 Å². The lowest BCUT2D eigenvalue weighted by Gasteiger charge is -2.53. The summed E-state index contributed by atoms with van der Waals surface area (Å²) in [6.45, 7) is 1.78. The summed E-state index contributed by atoms with van der Waals surface area (Å²) in [7, 11) is 0. The first-order valence-corrected chi connectivity index (χ1v) is 15.3. The Morgan fingerprint density at radius 3 is 2.63 bits per heavy atom. The lowest BCUT2D eigenvalue weighted by atomic mass is 9.89. The summed E-state index contributed by atoms with van der Waals surface area (Å²) in [4.78, 5) is 64.0. The number of Topliss-reactive ketones (excluding diaryl/α,β-unsaturated/α-hetero) is 1. The number of fused-ring (bicyclic) bond motifs is 1. The van der Waals surface area contributed by atoms with E-state index in [4.69, 9.17) is 11.6 Å². The third-order valence-corrected chi connectivity index (χ3v) is 11.3. The van der Waals surface area contributed by atoms with E-state index in [1.807, 2.05) is 0 Å². The van der Waals surface area contributed by atoms with E-state index in [-0.39, 0.29) is 28.5 Å². The minimum atomic E-state index is -1.37. The normalized spacial score (nSPS) is 23.2. The fraction of sp³-hybridized carbons (Fsp3) is 0.409. The van der Waals surface area contributed by atoms with Gasteiger partial charge in [0.2, 0.25) is 11.8 Å². The number of aliphatic carboxylic acids is 1. The van der Waals surface area contributed by atoms with Crippen LogP contribution in [0.25, 0.3) is 0 Å². The van der Waals surface area contributed by atoms with Crippen molar-refractivity contribution in [1.29, 1.82) is 0 Å². The highest BCUT2D eigenvalue weighted by Crippen LogP contribution is 2.45. The number of alkyl halides is 1. The highest BCUT2D eigenvalue weighted by Gasteiger charge is 2.57. The number of carboxylic acid groups (broad SMARTS) is 2. The lowest BCUT2D eigenvalue weighted by Crippen LogP contribution is -2.74. The number of aromatic carboxylic acids is 1. The molecule has 1 aromatic carbocycles. The Morgan fingerprint density at radius 1 is 1.26 bits per heavy atom. The zero-order valence-electron chi connectivity index (χ0n) is 19.7. The number of nitrogens with one attached hydrogen (secondary N) is 1. The quantitative estimate of drug-likeness (QED) is 0.146. The van der Waals surface area contributed by atoms with Gasteiger partial charge in [0.15, 0.2) is 10.1 Å². The van der Waals surface area contributed by atoms with Crippen molar-refractivity contribution in [2.24, 2.45) is 5.41 Å². The van der Waals surface area contributed by atoms with E-state index < -0.39 is 57.5 Å². The van der Waals surface area contributed by atoms with E-state index in [0.717, 1.165) is 16.8 Å². The number of rotatable bonds is 11. The number of hydrogen-bond donors (Lipinski definition) is 3. The second kappa shape index (κ2) is 11.8. The van der Waals surface area contributed by atoms with Crippen LogP contribution in [0.15, 0.2) is 33.5 Å². The molecule has 1 aromatic heterocycles. The van der Waals surface area contributed by atoms with Crippen molar-refractivity contribution < 1.29 is 34.2 Å². The van der Waals surface area contributed by atoms with Crippen molar-refractivity contribution in [2.45, 2.75) is 32.8 Å². The minimum Gasteiger partial charge on any atom is -0.481 e. The molecule has 2 aromatic rings. The molecule has 2 aliphatic heterocycles. The summed E-state index contributed by atoms with van der Waals surface area (Å²) in [5.74, 6) is -4.17. The van der Waals surface area contributed by atoms with Crippen molar-refractivity contribution in [1.82, 2.24) is 20.4 Å². The second-order valence-electron chi connectivity index (χ2n) is 8.51. The number of thioether (sulfide) groups is 3. The molecule has 0 bridgehead atoms. The molecule has 2 amide bonds. The average molecular weight is 617 g/mol. The van der Waals surface area contributed by atoms with E-state index in [1.54, 1.807) is 13.0 Å². The maximum absolute atomic E-state index is 13.1. The molecule has 3 N–H and O–H groups in total. The van der Waals surface area contributed by atoms with Gasteiger partial charge in [-0.15, -0.1) is 45.3 Å². The van der Waals surface area contributed by atoms with Gasteiger partial charge in [-0.05, 0) is 19.1 Å². The van der Waals surface area contributed by atoms with E-state index in [1.165, 1.54) is 58.0 Å². The zero-order chi connectivity index (χ0) is 27.6. The Balaban J connectivity index is 1.43. The van der Waals surface area contributed by atoms with Gasteiger partial charge < -0.3 is 20.4 Å². The molecule has 2 saturated heterocycles. The van der Waals surface area contributed by atoms with Crippen LogP contribution in [0.2, 0.25) is 0 Å². The fourth-order valence-electron chi connectivity index (χ4n) is 3.88. The molecule has 4 atom stereocenters. The van der Waals surface area contributed by atoms with Crippen molar-refractivity contribution in [3.8, 4) is 0 Å². The Hall–Kier alpha value is -2.33. The number of ketones is 1. The van der Waals surface area contributed by atoms with Crippen molar-refractivity contribution >= 4 is 87.8 Å². The van der Waals surface area contributed by atoms with Crippen molar-refractivity contribution in [3.05, 3.63) is 34.8 Å². The first-order valence-electron chi connectivity index (χ1n) is 11.0. The van der Waals surface area contributed by atoms with Crippen LogP contribution in [0.1, 0.15) is 15.4 Å². The highest BCUT2D eigenvalue weighted by molar-refractivity contribution is 8.02. The minimum absolute atomic E-state index is 0.0270. The second-order valence-corrected chi connectivity index (χ2v) is 13.4. The average Bonchev–Trinajstić information content (AvgIpc) is 3.33. The molecule has 0 radical (unpaired) electrons. The van der Waals surface area contributed by atoms with E-state index in [0.29, 0.717) is 4.34 Å². The number of hydrogen-bond acceptors (Lipinski definition) is 11. The van der Waals surface area contributed by atoms with Gasteiger partial charge in [-0.2, -0.15) is 0 Å². The molecule has 2 aliphatic rings. The molecule has 0 aliphatic carbocycles. The van der Waals surface area contributed by atoms with Crippen LogP contribution < -0.4 is 5.32 Å². The molecular weight excluding hydrogens is 596 g/mol. The smallest absolute Gasteiger partial charge is 0.336 e. The number of aromatic nitrogens is 2. The molecule has 11 nitrogen and oxygen atoms in total. The largest absolute Gasteiger partial charge is 0.481 e. The predicted molar refractivity (Wildman–Crippen MR) is 144 cm³/mol. The van der Waals surface area contributed by atoms with Crippen LogP contribution in [0, 0.1) is 12.3 Å². The zero-order valence-corrected chi connectivity index (χ0v) is 23.7. The van der Waals surface area contributed by atoms with Gasteiger partial charge in [0.25, 0.3) is 0 Å². The Morgan fingerprint density at radius 2 is 2.00 bits per heavy atom. The number of nitrogens with zero attached hydrogens (tertiary/aromatic N) is 3. The number of aryl methyl sites for hydroxylation is 1. The number of carbonyl (C=O) groups is 5. The molecule has 2 fully saturated rings. The summed E-state index contributed by atoms with van der Waals surface area (Å²) < 4.78 is 0.646. The van der Waals surface area contributed by atoms with E-state index in [2.05, 4.69) is 15.5 Å². The molecule has 202 valence electrons. The first-order chi connectivity index (χ1) is 18.1. The third kappa shape index (κ3) is 5.81. The Bertz CT molecular complexity index is 1290. The lowest BCUT2D eigenvalue weighted by molar-refractivity contribution is -0.157. The highest BCUT2D eigenvalue weighted by atomic mass is 35.5. The van der Waals surface area contributed by atoms with Crippen LogP contribution >= 0.6 is 58.2 Å². The maximum Gasteiger partial charge on any atom is 0.336 e. The number of carboxylic acids is 2. The van der Waals surface area contributed by atoms with Gasteiger partial charge in [0.05, 0.1) is 11.4 Å². The van der Waals surface area contributed by atoms with Gasteiger partial charge in [0.1, 0.15) is 27.1 Å². The van der Waals surface area contributed by atoms with E-state index >= 15 is 0 Å². The SMILES string of the molecule is Cc1nnc(SCC2(C(=O)O)CS[C@@H]3C(NC(=O)C(Sc4ccccc4C(=O)O)C(=O)CCl)C(=O)N3C2)s1. The van der Waals surface area contributed by atoms with Crippen LogP contribution in [-0.4, -0.2) is 95.4 Å². The van der Waals surface area contributed by atoms with Gasteiger partial charge in [-0.25, -0.2) is 4.79 Å². The van der Waals surface area contributed by atoms with Gasteiger partial charge in [-0.1, -0.05) is 35.2 Å².